The van der Waals surface area contributed by atoms with Gasteiger partial charge >= 0.3 is 0 Å². The molecule has 1 aromatic carbocycles. The van der Waals surface area contributed by atoms with E-state index < -0.39 is 24.2 Å². The fraction of sp³-hybridized carbons (Fsp3) is 0.389. The predicted molar refractivity (Wildman–Crippen MR) is 98.8 cm³/mol. The van der Waals surface area contributed by atoms with E-state index >= 15 is 0 Å². The minimum absolute atomic E-state index is 0.0709. The molecule has 0 radical (unpaired) electrons. The van der Waals surface area contributed by atoms with Gasteiger partial charge in [-0.3, -0.25) is 0 Å². The van der Waals surface area contributed by atoms with Crippen LogP contribution in [0.3, 0.4) is 0 Å². The van der Waals surface area contributed by atoms with Crippen molar-refractivity contribution >= 4 is 22.9 Å². The number of para-hydroxylation sites is 2. The van der Waals surface area contributed by atoms with Crippen LogP contribution in [0.25, 0.3) is 22.6 Å². The number of fused-ring (bicyclic) bond motifs is 1. The van der Waals surface area contributed by atoms with Crippen molar-refractivity contribution in [2.75, 3.05) is 17.7 Å². The van der Waals surface area contributed by atoms with Gasteiger partial charge in [0, 0.05) is 12.5 Å². The fourth-order valence-corrected chi connectivity index (χ4v) is 3.56. The van der Waals surface area contributed by atoms with Gasteiger partial charge in [0.25, 0.3) is 0 Å². The molecule has 1 aliphatic rings. The molecule has 3 aromatic rings. The maximum atomic E-state index is 10.3. The molecule has 0 spiro atoms. The number of nitrogens with zero attached hydrogens (tertiary/aromatic N) is 3. The number of anilines is 2. The molecular formula is C18H21N5O4. The first kappa shape index (κ1) is 17.7. The largest absolute Gasteiger partial charge is 0.436 e. The van der Waals surface area contributed by atoms with E-state index in [4.69, 9.17) is 10.2 Å². The molecule has 1 aliphatic carbocycles. The summed E-state index contributed by atoms with van der Waals surface area (Å²) in [6, 6.07) is 6.87. The molecular weight excluding hydrogens is 350 g/mol. The van der Waals surface area contributed by atoms with Crippen LogP contribution in [-0.4, -0.2) is 55.1 Å². The van der Waals surface area contributed by atoms with Crippen molar-refractivity contribution in [2.45, 2.75) is 31.6 Å². The van der Waals surface area contributed by atoms with Crippen molar-refractivity contribution < 1.29 is 19.7 Å². The highest BCUT2D eigenvalue weighted by atomic mass is 16.3. The maximum absolute atomic E-state index is 10.3. The number of aliphatic hydroxyl groups excluding tert-OH is 3. The lowest BCUT2D eigenvalue weighted by atomic mass is 10.1. The van der Waals surface area contributed by atoms with Gasteiger partial charge in [-0.05, 0) is 25.5 Å². The van der Waals surface area contributed by atoms with Gasteiger partial charge in [-0.15, -0.1) is 0 Å². The van der Waals surface area contributed by atoms with Crippen LogP contribution >= 0.6 is 0 Å². The Morgan fingerprint density at radius 2 is 1.96 bits per heavy atom. The van der Waals surface area contributed by atoms with Crippen LogP contribution in [0.2, 0.25) is 0 Å². The van der Waals surface area contributed by atoms with E-state index in [1.807, 2.05) is 24.3 Å². The van der Waals surface area contributed by atoms with Gasteiger partial charge in [-0.1, -0.05) is 12.1 Å². The molecule has 142 valence electrons. The maximum Gasteiger partial charge on any atom is 0.232 e. The lowest BCUT2D eigenvalue weighted by Crippen LogP contribution is -2.35. The topological polar surface area (TPSA) is 151 Å². The first-order valence-electron chi connectivity index (χ1n) is 8.71. The van der Waals surface area contributed by atoms with Crippen molar-refractivity contribution in [1.82, 2.24) is 15.0 Å². The molecule has 9 heteroatoms. The van der Waals surface area contributed by atoms with Gasteiger partial charge in [0.1, 0.15) is 23.0 Å². The second-order valence-corrected chi connectivity index (χ2v) is 6.79. The molecule has 0 saturated heterocycles. The van der Waals surface area contributed by atoms with Crippen LogP contribution in [0.1, 0.15) is 12.1 Å². The summed E-state index contributed by atoms with van der Waals surface area (Å²) < 4.78 is 5.85. The Morgan fingerprint density at radius 1 is 1.19 bits per heavy atom. The Kier molecular flexibility index (Phi) is 4.42. The number of nitrogens with two attached hydrogens (primary N) is 1. The number of hydrogen-bond acceptors (Lipinski definition) is 9. The third kappa shape index (κ3) is 3.09. The Morgan fingerprint density at radius 3 is 2.67 bits per heavy atom. The summed E-state index contributed by atoms with van der Waals surface area (Å²) in [5, 5.41) is 32.9. The standard InChI is InChI=1S/C18H21N5O4/c1-8-13(17-22-10-4-2-3-5-12(10)27-17)16(23-18(19)20-8)21-11-6-9(7-24)14(25)15(11)26/h2-5,9,11,14-15,24-26H,6-7H2,1H3,(H3,19,20,21,23)/t9-,11-,14-,15+/m1/s1. The second kappa shape index (κ2) is 6.76. The van der Waals surface area contributed by atoms with Gasteiger partial charge < -0.3 is 30.8 Å². The van der Waals surface area contributed by atoms with Gasteiger partial charge in [0.05, 0.1) is 17.8 Å². The molecule has 1 fully saturated rings. The molecule has 4 atom stereocenters. The Hall–Kier alpha value is -2.75. The molecule has 6 N–H and O–H groups in total. The summed E-state index contributed by atoms with van der Waals surface area (Å²) in [6.07, 6.45) is -1.68. The van der Waals surface area contributed by atoms with Crippen LogP contribution in [-0.2, 0) is 0 Å². The molecule has 0 unspecified atom stereocenters. The normalized spacial score (nSPS) is 25.2. The van der Waals surface area contributed by atoms with Crippen LogP contribution < -0.4 is 11.1 Å². The first-order valence-corrected chi connectivity index (χ1v) is 8.71. The van der Waals surface area contributed by atoms with Crippen LogP contribution in [0.4, 0.5) is 11.8 Å². The summed E-state index contributed by atoms with van der Waals surface area (Å²) in [5.41, 5.74) is 8.25. The van der Waals surface area contributed by atoms with Crippen molar-refractivity contribution in [3.63, 3.8) is 0 Å². The van der Waals surface area contributed by atoms with E-state index in [0.29, 0.717) is 40.5 Å². The number of oxazole rings is 1. The Bertz CT molecular complexity index is 943. The molecule has 1 saturated carbocycles. The summed E-state index contributed by atoms with van der Waals surface area (Å²) >= 11 is 0. The van der Waals surface area contributed by atoms with Crippen LogP contribution in [0.15, 0.2) is 28.7 Å². The zero-order valence-corrected chi connectivity index (χ0v) is 14.7. The van der Waals surface area contributed by atoms with E-state index in [0.717, 1.165) is 0 Å². The first-order chi connectivity index (χ1) is 13.0. The summed E-state index contributed by atoms with van der Waals surface area (Å²) in [5.74, 6) is 0.358. The number of hydrogen-bond donors (Lipinski definition) is 5. The Balaban J connectivity index is 1.75. The smallest absolute Gasteiger partial charge is 0.232 e. The number of nitrogen functional groups attached to an aromatic ring is 1. The number of benzene rings is 1. The van der Waals surface area contributed by atoms with Crippen molar-refractivity contribution in [3.05, 3.63) is 30.0 Å². The van der Waals surface area contributed by atoms with Crippen molar-refractivity contribution in [3.8, 4) is 11.5 Å². The number of aliphatic hydroxyl groups is 3. The van der Waals surface area contributed by atoms with Gasteiger partial charge in [0.15, 0.2) is 5.58 Å². The summed E-state index contributed by atoms with van der Waals surface area (Å²) in [4.78, 5) is 12.9. The van der Waals surface area contributed by atoms with Crippen molar-refractivity contribution in [1.29, 1.82) is 0 Å². The molecule has 27 heavy (non-hydrogen) atoms. The minimum atomic E-state index is -1.05. The van der Waals surface area contributed by atoms with Crippen LogP contribution in [0.5, 0.6) is 0 Å². The quantitative estimate of drug-likeness (QED) is 0.446. The van der Waals surface area contributed by atoms with Gasteiger partial charge in [-0.25, -0.2) is 9.97 Å². The van der Waals surface area contributed by atoms with Gasteiger partial charge in [0.2, 0.25) is 11.8 Å². The molecule has 2 aromatic heterocycles. The van der Waals surface area contributed by atoms with E-state index in [2.05, 4.69) is 20.3 Å². The average Bonchev–Trinajstić information content (AvgIpc) is 3.17. The molecule has 0 aliphatic heterocycles. The monoisotopic (exact) mass is 371 g/mol. The lowest BCUT2D eigenvalue weighted by Gasteiger charge is -2.20. The molecule has 2 heterocycles. The number of nitrogens with one attached hydrogen (secondary N) is 1. The zero-order valence-electron chi connectivity index (χ0n) is 14.7. The average molecular weight is 371 g/mol. The molecule has 0 amide bonds. The number of aryl methyl sites for hydroxylation is 1. The van der Waals surface area contributed by atoms with Crippen LogP contribution in [0, 0.1) is 12.8 Å². The number of aromatic nitrogens is 3. The predicted octanol–water partition coefficient (Wildman–Crippen LogP) is 0.690. The highest BCUT2D eigenvalue weighted by molar-refractivity contribution is 5.80. The molecule has 0 bridgehead atoms. The van der Waals surface area contributed by atoms with Gasteiger partial charge in [-0.2, -0.15) is 4.98 Å². The molecule has 9 nitrogen and oxygen atoms in total. The second-order valence-electron chi connectivity index (χ2n) is 6.79. The highest BCUT2D eigenvalue weighted by Crippen LogP contribution is 2.35. The third-order valence-electron chi connectivity index (χ3n) is 4.97. The molecule has 4 rings (SSSR count). The summed E-state index contributed by atoms with van der Waals surface area (Å²) in [7, 11) is 0. The SMILES string of the molecule is Cc1nc(N)nc(N[C@@H]2C[C@H](CO)[C@@H](O)[C@H]2O)c1-c1nc2ccccc2o1. The lowest BCUT2D eigenvalue weighted by molar-refractivity contribution is 0.00446. The van der Waals surface area contributed by atoms with E-state index in [-0.39, 0.29) is 12.6 Å². The Labute approximate surface area is 154 Å². The van der Waals surface area contributed by atoms with Crippen molar-refractivity contribution in [2.24, 2.45) is 5.92 Å². The third-order valence-corrected chi connectivity index (χ3v) is 4.97. The van der Waals surface area contributed by atoms with E-state index in [1.54, 1.807) is 6.92 Å². The highest BCUT2D eigenvalue weighted by Gasteiger charge is 2.41. The number of rotatable bonds is 4. The minimum Gasteiger partial charge on any atom is -0.436 e. The summed E-state index contributed by atoms with van der Waals surface area (Å²) in [6.45, 7) is 1.56. The van der Waals surface area contributed by atoms with E-state index in [1.165, 1.54) is 0 Å². The fourth-order valence-electron chi connectivity index (χ4n) is 3.56. The van der Waals surface area contributed by atoms with E-state index in [9.17, 15) is 15.3 Å². The zero-order chi connectivity index (χ0) is 19.1.